The first-order valence-electron chi connectivity index (χ1n) is 6.52. The molecule has 128 valence electrons. The van der Waals surface area contributed by atoms with Crippen molar-refractivity contribution in [3.05, 3.63) is 17.7 Å². The first-order chi connectivity index (χ1) is 10.8. The Morgan fingerprint density at radius 1 is 1.13 bits per heavy atom. The zero-order chi connectivity index (χ0) is 17.3. The minimum absolute atomic E-state index is 0.403. The van der Waals surface area contributed by atoms with Crippen LogP contribution in [0.3, 0.4) is 0 Å². The molecule has 0 saturated carbocycles. The molecule has 0 bridgehead atoms. The van der Waals surface area contributed by atoms with Crippen LogP contribution < -0.4 is 4.74 Å². The van der Waals surface area contributed by atoms with Crippen LogP contribution in [0.1, 0.15) is 10.4 Å². The molecule has 1 aliphatic rings. The summed E-state index contributed by atoms with van der Waals surface area (Å²) >= 11 is 0. The van der Waals surface area contributed by atoms with E-state index in [1.54, 1.807) is 0 Å². The highest BCUT2D eigenvalue weighted by atomic mass is 16.7. The molecule has 1 heterocycles. The van der Waals surface area contributed by atoms with Crippen molar-refractivity contribution in [3.63, 3.8) is 0 Å². The lowest BCUT2D eigenvalue weighted by atomic mass is 9.99. The largest absolute Gasteiger partial charge is 0.504 e. The maximum absolute atomic E-state index is 10.9. The van der Waals surface area contributed by atoms with Crippen molar-refractivity contribution in [2.24, 2.45) is 0 Å². The lowest BCUT2D eigenvalue weighted by Crippen LogP contribution is -2.60. The Morgan fingerprint density at radius 3 is 2.35 bits per heavy atom. The van der Waals surface area contributed by atoms with E-state index in [1.165, 1.54) is 0 Å². The van der Waals surface area contributed by atoms with Crippen molar-refractivity contribution < 1.29 is 50.0 Å². The van der Waals surface area contributed by atoms with Crippen LogP contribution in [0.4, 0.5) is 0 Å². The van der Waals surface area contributed by atoms with E-state index in [2.05, 4.69) is 0 Å². The number of carbonyl (C=O) groups is 1. The predicted molar refractivity (Wildman–Crippen MR) is 71.1 cm³/mol. The van der Waals surface area contributed by atoms with Crippen LogP contribution in [0.2, 0.25) is 0 Å². The summed E-state index contributed by atoms with van der Waals surface area (Å²) in [6.45, 7) is -0.683. The third-order valence-corrected chi connectivity index (χ3v) is 3.39. The Hall–Kier alpha value is -2.11. The van der Waals surface area contributed by atoms with Crippen molar-refractivity contribution in [3.8, 4) is 17.2 Å². The molecule has 1 aromatic carbocycles. The maximum atomic E-state index is 10.9. The van der Waals surface area contributed by atoms with Gasteiger partial charge in [0, 0.05) is 0 Å². The smallest absolute Gasteiger partial charge is 0.335 e. The van der Waals surface area contributed by atoms with Gasteiger partial charge in [-0.2, -0.15) is 0 Å². The van der Waals surface area contributed by atoms with E-state index in [-0.39, 0.29) is 0 Å². The molecule has 1 fully saturated rings. The topological polar surface area (TPSA) is 177 Å². The number of aliphatic hydroxyl groups excluding tert-OH is 4. The second-order valence-electron chi connectivity index (χ2n) is 4.96. The van der Waals surface area contributed by atoms with Crippen molar-refractivity contribution in [1.82, 2.24) is 0 Å². The number of phenolic OH excluding ortho intramolecular Hbond substituents is 2. The summed E-state index contributed by atoms with van der Waals surface area (Å²) in [4.78, 5) is 10.9. The van der Waals surface area contributed by atoms with E-state index >= 15 is 0 Å². The Kier molecular flexibility index (Phi) is 4.92. The second kappa shape index (κ2) is 6.56. The van der Waals surface area contributed by atoms with Gasteiger partial charge in [-0.1, -0.05) is 0 Å². The summed E-state index contributed by atoms with van der Waals surface area (Å²) in [6, 6.07) is 1.66. The normalized spacial score (nSPS) is 30.9. The number of aliphatic hydroxyl groups is 4. The molecule has 1 unspecified atom stereocenters. The van der Waals surface area contributed by atoms with Crippen LogP contribution in [0.15, 0.2) is 12.1 Å². The number of hydrogen-bond acceptors (Lipinski definition) is 9. The van der Waals surface area contributed by atoms with Gasteiger partial charge < -0.3 is 45.2 Å². The van der Waals surface area contributed by atoms with Gasteiger partial charge in [0.2, 0.25) is 12.0 Å². The van der Waals surface area contributed by atoms with Crippen molar-refractivity contribution in [1.29, 1.82) is 0 Å². The zero-order valence-corrected chi connectivity index (χ0v) is 11.6. The van der Waals surface area contributed by atoms with Crippen LogP contribution in [0, 0.1) is 0 Å². The fourth-order valence-electron chi connectivity index (χ4n) is 2.10. The van der Waals surface area contributed by atoms with Gasteiger partial charge in [0.15, 0.2) is 11.5 Å². The number of aromatic hydroxyl groups is 2. The van der Waals surface area contributed by atoms with E-state index in [0.717, 1.165) is 12.1 Å². The standard InChI is InChI=1S/C13H16O10/c14-3-7-9(17)10(18)11(19)13(23-7)22-6-2-4(12(20)21)1-5(15)8(6)16/h1-2,7,9-11,13-19H,3H2,(H,20,21)/t7-,9-,10+,11+,13?/m1/s1. The number of rotatable bonds is 4. The molecular formula is C13H16O10. The lowest BCUT2D eigenvalue weighted by Gasteiger charge is -2.39. The van der Waals surface area contributed by atoms with E-state index in [0.29, 0.717) is 0 Å². The third kappa shape index (κ3) is 3.30. The second-order valence-corrected chi connectivity index (χ2v) is 4.96. The highest BCUT2D eigenvalue weighted by Crippen LogP contribution is 2.38. The van der Waals surface area contributed by atoms with Gasteiger partial charge >= 0.3 is 5.97 Å². The molecule has 10 heteroatoms. The van der Waals surface area contributed by atoms with Gasteiger partial charge in [-0.3, -0.25) is 0 Å². The minimum atomic E-state index is -1.75. The fourth-order valence-corrected chi connectivity index (χ4v) is 2.10. The number of benzene rings is 1. The quantitative estimate of drug-likeness (QED) is 0.304. The average molecular weight is 332 g/mol. The molecule has 1 aliphatic heterocycles. The van der Waals surface area contributed by atoms with E-state index in [1.807, 2.05) is 0 Å². The Labute approximate surface area is 129 Å². The van der Waals surface area contributed by atoms with Crippen molar-refractivity contribution >= 4 is 5.97 Å². The van der Waals surface area contributed by atoms with E-state index in [9.17, 15) is 30.3 Å². The van der Waals surface area contributed by atoms with Gasteiger partial charge in [0.05, 0.1) is 12.2 Å². The Morgan fingerprint density at radius 2 is 1.78 bits per heavy atom. The highest BCUT2D eigenvalue weighted by Gasteiger charge is 2.45. The van der Waals surface area contributed by atoms with Crippen LogP contribution in [0.25, 0.3) is 0 Å². The van der Waals surface area contributed by atoms with E-state index < -0.39 is 66.1 Å². The molecular weight excluding hydrogens is 316 g/mol. The van der Waals surface area contributed by atoms with Gasteiger partial charge in [-0.05, 0) is 12.1 Å². The fraction of sp³-hybridized carbons (Fsp3) is 0.462. The number of hydrogen-bond donors (Lipinski definition) is 7. The molecule has 5 atom stereocenters. The lowest BCUT2D eigenvalue weighted by molar-refractivity contribution is -0.277. The molecule has 0 radical (unpaired) electrons. The van der Waals surface area contributed by atoms with Gasteiger partial charge in [0.25, 0.3) is 0 Å². The molecule has 0 spiro atoms. The molecule has 1 saturated heterocycles. The number of carboxylic acids is 1. The monoisotopic (exact) mass is 332 g/mol. The van der Waals surface area contributed by atoms with Crippen molar-refractivity contribution in [2.45, 2.75) is 30.7 Å². The van der Waals surface area contributed by atoms with E-state index in [4.69, 9.17) is 19.7 Å². The number of aromatic carboxylic acids is 1. The van der Waals surface area contributed by atoms with Crippen molar-refractivity contribution in [2.75, 3.05) is 6.61 Å². The summed E-state index contributed by atoms with van der Waals surface area (Å²) < 4.78 is 10.2. The predicted octanol–water partition coefficient (Wildman–Crippen LogP) is -2.03. The van der Waals surface area contributed by atoms with Crippen LogP contribution >= 0.6 is 0 Å². The number of ether oxygens (including phenoxy) is 2. The molecule has 0 aliphatic carbocycles. The van der Waals surface area contributed by atoms with Crippen LogP contribution in [0.5, 0.6) is 17.2 Å². The highest BCUT2D eigenvalue weighted by molar-refractivity contribution is 5.89. The first kappa shape index (κ1) is 17.2. The van der Waals surface area contributed by atoms with Gasteiger partial charge in [-0.25, -0.2) is 4.79 Å². The minimum Gasteiger partial charge on any atom is -0.504 e. The zero-order valence-electron chi connectivity index (χ0n) is 11.6. The van der Waals surface area contributed by atoms with Crippen LogP contribution in [-0.4, -0.2) is 79.0 Å². The average Bonchev–Trinajstić information content (AvgIpc) is 2.51. The van der Waals surface area contributed by atoms with Gasteiger partial charge in [-0.15, -0.1) is 0 Å². The number of phenols is 2. The molecule has 2 rings (SSSR count). The maximum Gasteiger partial charge on any atom is 0.335 e. The Balaban J connectivity index is 2.29. The molecule has 0 amide bonds. The summed E-state index contributed by atoms with van der Waals surface area (Å²) in [5.41, 5.74) is -0.403. The molecule has 10 nitrogen and oxygen atoms in total. The molecule has 1 aromatic rings. The number of carboxylic acid groups (broad SMARTS) is 1. The molecule has 23 heavy (non-hydrogen) atoms. The summed E-state index contributed by atoms with van der Waals surface area (Å²) in [6.07, 6.45) is -7.91. The first-order valence-corrected chi connectivity index (χ1v) is 6.52. The van der Waals surface area contributed by atoms with Crippen LogP contribution in [-0.2, 0) is 4.74 Å². The van der Waals surface area contributed by atoms with Gasteiger partial charge in [0.1, 0.15) is 24.4 Å². The Bertz CT molecular complexity index is 586. The summed E-state index contributed by atoms with van der Waals surface area (Å²) in [5, 5.41) is 66.3. The summed E-state index contributed by atoms with van der Waals surface area (Å²) in [5.74, 6) is -3.50. The third-order valence-electron chi connectivity index (χ3n) is 3.39. The SMILES string of the molecule is O=C(O)c1cc(O)c(O)c(OC2O[C@H](CO)[C@@H](O)[C@H](O)[C@@H]2O)c1. The molecule has 7 N–H and O–H groups in total. The molecule has 0 aromatic heterocycles. The summed E-state index contributed by atoms with van der Waals surface area (Å²) in [7, 11) is 0.